The molecule has 1 unspecified atom stereocenters. The Labute approximate surface area is 135 Å². The number of benzene rings is 2. The Kier molecular flexibility index (Phi) is 3.86. The molecule has 4 nitrogen and oxygen atoms in total. The fraction of sp³-hybridized carbons (Fsp3) is 0.188. The molecule has 0 fully saturated rings. The summed E-state index contributed by atoms with van der Waals surface area (Å²) in [4.78, 5) is 11.7. The van der Waals surface area contributed by atoms with Gasteiger partial charge in [-0.3, -0.25) is 4.57 Å². The van der Waals surface area contributed by atoms with E-state index < -0.39 is 6.10 Å². The highest BCUT2D eigenvalue weighted by Crippen LogP contribution is 2.25. The van der Waals surface area contributed by atoms with Crippen molar-refractivity contribution < 1.29 is 9.52 Å². The second kappa shape index (κ2) is 5.65. The Morgan fingerprint density at radius 3 is 2.52 bits per heavy atom. The minimum absolute atomic E-state index is 0.367. The number of aliphatic hydroxyl groups excluding tert-OH is 1. The number of aliphatic hydroxyl groups is 1. The Bertz CT molecular complexity index is 833. The summed E-state index contributed by atoms with van der Waals surface area (Å²) in [5.74, 6) is -0.367. The van der Waals surface area contributed by atoms with Crippen molar-refractivity contribution in [2.75, 3.05) is 0 Å². The predicted octanol–water partition coefficient (Wildman–Crippen LogP) is 3.30. The predicted molar refractivity (Wildman–Crippen MR) is 89.4 cm³/mol. The van der Waals surface area contributed by atoms with Gasteiger partial charge in [-0.2, -0.15) is 0 Å². The van der Waals surface area contributed by atoms with Crippen LogP contribution in [0.1, 0.15) is 24.2 Å². The third-order valence-electron chi connectivity index (χ3n) is 3.51. The third kappa shape index (κ3) is 2.63. The van der Waals surface area contributed by atoms with Gasteiger partial charge in [0.15, 0.2) is 5.58 Å². The normalized spacial score (nSPS) is 12.7. The molecule has 3 aromatic rings. The van der Waals surface area contributed by atoms with Gasteiger partial charge in [-0.1, -0.05) is 18.2 Å². The summed E-state index contributed by atoms with van der Waals surface area (Å²) in [7, 11) is 0. The fourth-order valence-electron chi connectivity index (χ4n) is 2.39. The molecule has 0 bridgehead atoms. The van der Waals surface area contributed by atoms with Gasteiger partial charge in [-0.15, -0.1) is 0 Å². The molecule has 0 radical (unpaired) electrons. The SMILES string of the molecule is CCn1c(=O)oc2cc(C(O)c3ccc(I)cc3)ccc21. The molecule has 0 aliphatic heterocycles. The molecular formula is C16H14INO3. The van der Waals surface area contributed by atoms with Crippen molar-refractivity contribution in [3.8, 4) is 0 Å². The van der Waals surface area contributed by atoms with E-state index in [2.05, 4.69) is 22.6 Å². The number of rotatable bonds is 3. The van der Waals surface area contributed by atoms with E-state index in [4.69, 9.17) is 4.42 Å². The van der Waals surface area contributed by atoms with Crippen LogP contribution in [0, 0.1) is 3.57 Å². The van der Waals surface area contributed by atoms with Gasteiger partial charge in [-0.25, -0.2) is 4.79 Å². The largest absolute Gasteiger partial charge is 0.419 e. The maximum absolute atomic E-state index is 11.7. The summed E-state index contributed by atoms with van der Waals surface area (Å²) < 4.78 is 7.91. The van der Waals surface area contributed by atoms with Crippen molar-refractivity contribution in [1.82, 2.24) is 4.57 Å². The maximum Gasteiger partial charge on any atom is 0.419 e. The lowest BCUT2D eigenvalue weighted by atomic mass is 10.0. The summed E-state index contributed by atoms with van der Waals surface area (Å²) >= 11 is 2.22. The maximum atomic E-state index is 11.7. The van der Waals surface area contributed by atoms with Gasteiger partial charge < -0.3 is 9.52 Å². The number of aromatic nitrogens is 1. The number of nitrogens with zero attached hydrogens (tertiary/aromatic N) is 1. The van der Waals surface area contributed by atoms with E-state index >= 15 is 0 Å². The highest BCUT2D eigenvalue weighted by atomic mass is 127. The zero-order valence-corrected chi connectivity index (χ0v) is 13.6. The van der Waals surface area contributed by atoms with Gasteiger partial charge in [0.25, 0.3) is 0 Å². The summed E-state index contributed by atoms with van der Waals surface area (Å²) in [6, 6.07) is 13.1. The summed E-state index contributed by atoms with van der Waals surface area (Å²) in [6.07, 6.45) is -0.735. The Balaban J connectivity index is 2.04. The van der Waals surface area contributed by atoms with Gasteiger partial charge in [-0.05, 0) is 64.9 Å². The van der Waals surface area contributed by atoms with Crippen molar-refractivity contribution >= 4 is 33.7 Å². The molecule has 0 amide bonds. The lowest BCUT2D eigenvalue weighted by Crippen LogP contribution is -2.11. The monoisotopic (exact) mass is 395 g/mol. The van der Waals surface area contributed by atoms with Gasteiger partial charge in [0.1, 0.15) is 6.10 Å². The Morgan fingerprint density at radius 2 is 1.86 bits per heavy atom. The zero-order chi connectivity index (χ0) is 15.0. The molecule has 1 heterocycles. The number of aryl methyl sites for hydroxylation is 1. The van der Waals surface area contributed by atoms with E-state index in [9.17, 15) is 9.90 Å². The molecular weight excluding hydrogens is 381 g/mol. The van der Waals surface area contributed by atoms with Crippen LogP contribution in [0.4, 0.5) is 0 Å². The molecule has 1 atom stereocenters. The number of hydrogen-bond donors (Lipinski definition) is 1. The first-order valence-electron chi connectivity index (χ1n) is 6.67. The van der Waals surface area contributed by atoms with Gasteiger partial charge in [0, 0.05) is 10.1 Å². The first-order chi connectivity index (χ1) is 10.1. The highest BCUT2D eigenvalue weighted by molar-refractivity contribution is 14.1. The van der Waals surface area contributed by atoms with E-state index in [0.29, 0.717) is 17.7 Å². The van der Waals surface area contributed by atoms with E-state index in [1.807, 2.05) is 43.3 Å². The van der Waals surface area contributed by atoms with Gasteiger partial charge in [0.2, 0.25) is 0 Å². The standard InChI is InChI=1S/C16H14INO3/c1-2-18-13-8-5-11(9-14(13)21-16(18)20)15(19)10-3-6-12(17)7-4-10/h3-9,15,19H,2H2,1H3. The second-order valence-corrected chi connectivity index (χ2v) is 6.04. The summed E-state index contributed by atoms with van der Waals surface area (Å²) in [5.41, 5.74) is 2.78. The van der Waals surface area contributed by atoms with Crippen LogP contribution in [0.25, 0.3) is 11.1 Å². The lowest BCUT2D eigenvalue weighted by Gasteiger charge is -2.11. The van der Waals surface area contributed by atoms with E-state index in [-0.39, 0.29) is 5.76 Å². The number of oxazole rings is 1. The number of halogens is 1. The molecule has 3 rings (SSSR count). The molecule has 0 spiro atoms. The molecule has 5 heteroatoms. The second-order valence-electron chi connectivity index (χ2n) is 4.79. The van der Waals surface area contributed by atoms with Crippen LogP contribution in [-0.4, -0.2) is 9.67 Å². The molecule has 0 aliphatic carbocycles. The molecule has 2 aromatic carbocycles. The minimum Gasteiger partial charge on any atom is -0.408 e. The minimum atomic E-state index is -0.735. The molecule has 1 N–H and O–H groups in total. The quantitative estimate of drug-likeness (QED) is 0.693. The third-order valence-corrected chi connectivity index (χ3v) is 4.23. The van der Waals surface area contributed by atoms with Crippen LogP contribution in [0.3, 0.4) is 0 Å². The van der Waals surface area contributed by atoms with Crippen molar-refractivity contribution in [2.24, 2.45) is 0 Å². The van der Waals surface area contributed by atoms with Crippen LogP contribution >= 0.6 is 22.6 Å². The molecule has 1 aromatic heterocycles. The highest BCUT2D eigenvalue weighted by Gasteiger charge is 2.14. The van der Waals surface area contributed by atoms with E-state index in [0.717, 1.165) is 14.7 Å². The first kappa shape index (κ1) is 14.3. The Hall–Kier alpha value is -1.60. The molecule has 21 heavy (non-hydrogen) atoms. The Morgan fingerprint density at radius 1 is 1.19 bits per heavy atom. The first-order valence-corrected chi connectivity index (χ1v) is 7.75. The molecule has 0 saturated heterocycles. The smallest absolute Gasteiger partial charge is 0.408 e. The van der Waals surface area contributed by atoms with Crippen LogP contribution in [-0.2, 0) is 6.54 Å². The van der Waals surface area contributed by atoms with E-state index in [1.54, 1.807) is 10.6 Å². The topological polar surface area (TPSA) is 55.4 Å². The van der Waals surface area contributed by atoms with Gasteiger partial charge in [0.05, 0.1) is 5.52 Å². The average molecular weight is 395 g/mol. The zero-order valence-electron chi connectivity index (χ0n) is 11.4. The molecule has 0 saturated carbocycles. The van der Waals surface area contributed by atoms with Crippen LogP contribution in [0.5, 0.6) is 0 Å². The average Bonchev–Trinajstić information content (AvgIpc) is 2.81. The number of fused-ring (bicyclic) bond motifs is 1. The van der Waals surface area contributed by atoms with Gasteiger partial charge >= 0.3 is 5.76 Å². The summed E-state index contributed by atoms with van der Waals surface area (Å²) in [6.45, 7) is 2.45. The van der Waals surface area contributed by atoms with Crippen LogP contribution in [0.2, 0.25) is 0 Å². The van der Waals surface area contributed by atoms with Crippen molar-refractivity contribution in [1.29, 1.82) is 0 Å². The lowest BCUT2D eigenvalue weighted by molar-refractivity contribution is 0.220. The fourth-order valence-corrected chi connectivity index (χ4v) is 2.75. The van der Waals surface area contributed by atoms with Crippen molar-refractivity contribution in [2.45, 2.75) is 19.6 Å². The molecule has 0 aliphatic rings. The van der Waals surface area contributed by atoms with Crippen molar-refractivity contribution in [3.05, 3.63) is 67.7 Å². The van der Waals surface area contributed by atoms with Crippen LogP contribution in [0.15, 0.2) is 51.7 Å². The number of hydrogen-bond acceptors (Lipinski definition) is 3. The molecule has 108 valence electrons. The van der Waals surface area contributed by atoms with Crippen molar-refractivity contribution in [3.63, 3.8) is 0 Å². The van der Waals surface area contributed by atoms with E-state index in [1.165, 1.54) is 0 Å². The van der Waals surface area contributed by atoms with Crippen LogP contribution < -0.4 is 5.76 Å². The summed E-state index contributed by atoms with van der Waals surface area (Å²) in [5, 5.41) is 10.4.